The summed E-state index contributed by atoms with van der Waals surface area (Å²) in [5.41, 5.74) is -0.508. The fourth-order valence-corrected chi connectivity index (χ4v) is 3.87. The first-order chi connectivity index (χ1) is 15.9. The number of carbonyl (C=O) groups is 1. The molecule has 1 saturated heterocycles. The standard InChI is InChI=1S/C21H25N2O9P/c1-14-12-23(21(27)22-19(14)25)18-11-16(32-20(26)15-7-3-2-4-8-15)17(31-18)13-30-33(28)29-10-6-5-9-24/h2-4,7-8,12,16-18,24H,5-6,9-11,13H2,1H3/p+1/t16-,17+,18+/m0/s1. The zero-order valence-electron chi connectivity index (χ0n) is 18.0. The molecule has 1 aromatic heterocycles. The number of esters is 1. The van der Waals surface area contributed by atoms with E-state index in [1.165, 1.54) is 10.8 Å². The van der Waals surface area contributed by atoms with Gasteiger partial charge in [-0.1, -0.05) is 18.2 Å². The van der Waals surface area contributed by atoms with Crippen LogP contribution in [0.4, 0.5) is 0 Å². The maximum Gasteiger partial charge on any atom is 0.697 e. The molecule has 1 aromatic carbocycles. The minimum Gasteiger partial charge on any atom is -0.456 e. The second-order valence-electron chi connectivity index (χ2n) is 7.44. The number of ether oxygens (including phenoxy) is 2. The van der Waals surface area contributed by atoms with Crippen LogP contribution in [0.3, 0.4) is 0 Å². The molecule has 0 saturated carbocycles. The summed E-state index contributed by atoms with van der Waals surface area (Å²) in [5.74, 6) is -0.579. The number of H-pyrrole nitrogens is 1. The van der Waals surface area contributed by atoms with Gasteiger partial charge >= 0.3 is 19.9 Å². The first kappa shape index (κ1) is 24.9. The van der Waals surface area contributed by atoms with Crippen molar-refractivity contribution in [1.82, 2.24) is 9.55 Å². The SMILES string of the molecule is Cc1cn([C@H]2C[C@H](OC(=O)c3ccccc3)[C@@H](CO[P+](=O)OCCCCO)O2)c(=O)[nH]c1=O. The number of carbonyl (C=O) groups excluding carboxylic acids is 1. The number of aliphatic hydroxyl groups is 1. The van der Waals surface area contributed by atoms with Gasteiger partial charge in [0.15, 0.2) is 0 Å². The van der Waals surface area contributed by atoms with E-state index in [1.807, 2.05) is 0 Å². The molecule has 33 heavy (non-hydrogen) atoms. The fraction of sp³-hybridized carbons (Fsp3) is 0.476. The van der Waals surface area contributed by atoms with E-state index < -0.39 is 43.9 Å². The zero-order chi connectivity index (χ0) is 23.8. The Morgan fingerprint density at radius 2 is 2.00 bits per heavy atom. The molecular weight excluding hydrogens is 455 g/mol. The normalized spacial score (nSPS) is 20.5. The smallest absolute Gasteiger partial charge is 0.456 e. The molecule has 0 spiro atoms. The van der Waals surface area contributed by atoms with Gasteiger partial charge in [0.1, 0.15) is 31.6 Å². The second kappa shape index (κ2) is 12.0. The van der Waals surface area contributed by atoms with Gasteiger partial charge in [0.2, 0.25) is 0 Å². The third-order valence-corrected chi connectivity index (χ3v) is 5.75. The third-order valence-electron chi connectivity index (χ3n) is 5.00. The number of hydrogen-bond donors (Lipinski definition) is 2. The molecule has 2 N–H and O–H groups in total. The van der Waals surface area contributed by atoms with Gasteiger partial charge in [0.25, 0.3) is 5.56 Å². The average Bonchev–Trinajstić information content (AvgIpc) is 3.20. The molecular formula is C21H26N2O9P+. The molecule has 0 radical (unpaired) electrons. The Labute approximate surface area is 190 Å². The summed E-state index contributed by atoms with van der Waals surface area (Å²) in [5, 5.41) is 8.77. The maximum absolute atomic E-state index is 12.6. The number of aryl methyl sites for hydroxylation is 1. The number of benzene rings is 1. The molecule has 2 aromatic rings. The highest BCUT2D eigenvalue weighted by atomic mass is 31.1. The van der Waals surface area contributed by atoms with E-state index in [4.69, 9.17) is 23.6 Å². The molecule has 0 aliphatic carbocycles. The van der Waals surface area contributed by atoms with Crippen molar-refractivity contribution in [2.24, 2.45) is 0 Å². The first-order valence-corrected chi connectivity index (χ1v) is 11.6. The van der Waals surface area contributed by atoms with Crippen molar-refractivity contribution >= 4 is 14.2 Å². The van der Waals surface area contributed by atoms with Crippen LogP contribution in [-0.2, 0) is 23.1 Å². The van der Waals surface area contributed by atoms with Gasteiger partial charge in [-0.15, -0.1) is 9.05 Å². The maximum atomic E-state index is 12.6. The van der Waals surface area contributed by atoms with E-state index in [1.54, 1.807) is 37.3 Å². The summed E-state index contributed by atoms with van der Waals surface area (Å²) in [7, 11) is -2.45. The Hall–Kier alpha value is -2.69. The van der Waals surface area contributed by atoms with E-state index in [2.05, 4.69) is 4.98 Å². The molecule has 0 bridgehead atoms. The van der Waals surface area contributed by atoms with Crippen LogP contribution in [0.25, 0.3) is 0 Å². The van der Waals surface area contributed by atoms with Gasteiger partial charge in [-0.3, -0.25) is 14.3 Å². The number of aliphatic hydroxyl groups excluding tert-OH is 1. The number of nitrogens with one attached hydrogen (secondary N) is 1. The zero-order valence-corrected chi connectivity index (χ0v) is 18.9. The lowest BCUT2D eigenvalue weighted by atomic mass is 10.1. The van der Waals surface area contributed by atoms with Crippen LogP contribution < -0.4 is 11.2 Å². The molecule has 4 atom stereocenters. The van der Waals surface area contributed by atoms with Gasteiger partial charge in [-0.05, 0) is 31.9 Å². The Morgan fingerprint density at radius 1 is 1.24 bits per heavy atom. The number of aromatic nitrogens is 2. The Morgan fingerprint density at radius 3 is 2.73 bits per heavy atom. The van der Waals surface area contributed by atoms with E-state index in [0.717, 1.165) is 0 Å². The van der Waals surface area contributed by atoms with Crippen LogP contribution in [0.5, 0.6) is 0 Å². The second-order valence-corrected chi connectivity index (χ2v) is 8.40. The molecule has 2 heterocycles. The quantitative estimate of drug-likeness (QED) is 0.279. The molecule has 1 unspecified atom stereocenters. The summed E-state index contributed by atoms with van der Waals surface area (Å²) >= 11 is 0. The molecule has 0 amide bonds. The third kappa shape index (κ3) is 6.89. The average molecular weight is 481 g/mol. The molecule has 1 aliphatic rings. The molecule has 178 valence electrons. The van der Waals surface area contributed by atoms with Gasteiger partial charge in [0, 0.05) is 29.4 Å². The highest BCUT2D eigenvalue weighted by Gasteiger charge is 2.41. The van der Waals surface area contributed by atoms with Crippen molar-refractivity contribution in [2.75, 3.05) is 19.8 Å². The number of aromatic amines is 1. The Kier molecular flexibility index (Phi) is 9.04. The van der Waals surface area contributed by atoms with Crippen molar-refractivity contribution in [1.29, 1.82) is 0 Å². The summed E-state index contributed by atoms with van der Waals surface area (Å²) in [4.78, 5) is 38.7. The van der Waals surface area contributed by atoms with Crippen molar-refractivity contribution in [3.8, 4) is 0 Å². The summed E-state index contributed by atoms with van der Waals surface area (Å²) < 4.78 is 35.0. The first-order valence-electron chi connectivity index (χ1n) is 10.5. The van der Waals surface area contributed by atoms with E-state index >= 15 is 0 Å². The van der Waals surface area contributed by atoms with Crippen molar-refractivity contribution in [3.63, 3.8) is 0 Å². The summed E-state index contributed by atoms with van der Waals surface area (Å²) in [6.45, 7) is 1.50. The molecule has 12 heteroatoms. The van der Waals surface area contributed by atoms with Gasteiger partial charge < -0.3 is 14.6 Å². The van der Waals surface area contributed by atoms with E-state index in [-0.39, 0.29) is 26.2 Å². The largest absolute Gasteiger partial charge is 0.697 e. The minimum atomic E-state index is -2.45. The number of nitrogens with zero attached hydrogens (tertiary/aromatic N) is 1. The van der Waals surface area contributed by atoms with Gasteiger partial charge in [-0.25, -0.2) is 9.59 Å². The van der Waals surface area contributed by atoms with Crippen LogP contribution in [0.2, 0.25) is 0 Å². The van der Waals surface area contributed by atoms with Crippen molar-refractivity contribution in [2.45, 2.75) is 44.6 Å². The molecule has 1 aliphatic heterocycles. The fourth-order valence-electron chi connectivity index (χ4n) is 3.25. The van der Waals surface area contributed by atoms with Gasteiger partial charge in [0.05, 0.1) is 5.56 Å². The van der Waals surface area contributed by atoms with Crippen LogP contribution in [0.15, 0.2) is 46.1 Å². The van der Waals surface area contributed by atoms with E-state index in [9.17, 15) is 18.9 Å². The Bertz CT molecular complexity index is 1070. The Balaban J connectivity index is 1.70. The van der Waals surface area contributed by atoms with E-state index in [0.29, 0.717) is 24.0 Å². The number of rotatable bonds is 11. The van der Waals surface area contributed by atoms with Crippen molar-refractivity contribution in [3.05, 3.63) is 68.5 Å². The minimum absolute atomic E-state index is 0.0103. The lowest BCUT2D eigenvalue weighted by molar-refractivity contribution is -0.0486. The summed E-state index contributed by atoms with van der Waals surface area (Å²) in [6.07, 6.45) is 0.0538. The van der Waals surface area contributed by atoms with Crippen LogP contribution in [-0.4, -0.2) is 52.7 Å². The predicted octanol–water partition coefficient (Wildman–Crippen LogP) is 1.82. The number of unbranched alkanes of at least 4 members (excludes halogenated alkanes) is 1. The topological polar surface area (TPSA) is 146 Å². The number of hydrogen-bond acceptors (Lipinski definition) is 9. The van der Waals surface area contributed by atoms with Crippen LogP contribution in [0.1, 0.15) is 41.4 Å². The van der Waals surface area contributed by atoms with Gasteiger partial charge in [-0.2, -0.15) is 0 Å². The highest BCUT2D eigenvalue weighted by Crippen LogP contribution is 2.33. The molecule has 3 rings (SSSR count). The van der Waals surface area contributed by atoms with Crippen LogP contribution >= 0.6 is 8.25 Å². The van der Waals surface area contributed by atoms with Crippen LogP contribution in [0, 0.1) is 6.92 Å². The lowest BCUT2D eigenvalue weighted by Crippen LogP contribution is -2.33. The summed E-state index contributed by atoms with van der Waals surface area (Å²) in [6, 6.07) is 8.38. The van der Waals surface area contributed by atoms with Crippen molar-refractivity contribution < 1.29 is 33.0 Å². The highest BCUT2D eigenvalue weighted by molar-refractivity contribution is 7.33. The lowest BCUT2D eigenvalue weighted by Gasteiger charge is -2.16. The monoisotopic (exact) mass is 481 g/mol. The molecule has 1 fully saturated rings. The molecule has 11 nitrogen and oxygen atoms in total. The predicted molar refractivity (Wildman–Crippen MR) is 116 cm³/mol.